The van der Waals surface area contributed by atoms with E-state index in [1.807, 2.05) is 41.6 Å². The first-order valence-electron chi connectivity index (χ1n) is 9.73. The van der Waals surface area contributed by atoms with E-state index in [0.717, 1.165) is 64.0 Å². The van der Waals surface area contributed by atoms with Crippen molar-refractivity contribution in [3.63, 3.8) is 0 Å². The summed E-state index contributed by atoms with van der Waals surface area (Å²) in [6.07, 6.45) is 11.3. The lowest BCUT2D eigenvalue weighted by Crippen LogP contribution is -2.19. The Morgan fingerprint density at radius 2 is 1.97 bits per heavy atom. The van der Waals surface area contributed by atoms with Crippen LogP contribution in [-0.4, -0.2) is 42.8 Å². The van der Waals surface area contributed by atoms with Crippen LogP contribution in [0.2, 0.25) is 0 Å². The third kappa shape index (κ3) is 3.36. The van der Waals surface area contributed by atoms with Crippen LogP contribution in [0.1, 0.15) is 6.92 Å². The molecule has 0 amide bonds. The molecule has 5 heterocycles. The normalized spacial score (nSPS) is 11.5. The highest BCUT2D eigenvalue weighted by atomic mass is 15.3. The van der Waals surface area contributed by atoms with Crippen LogP contribution in [0, 0.1) is 0 Å². The van der Waals surface area contributed by atoms with E-state index in [1.165, 1.54) is 0 Å². The summed E-state index contributed by atoms with van der Waals surface area (Å²) in [7, 11) is 0. The van der Waals surface area contributed by atoms with E-state index in [0.29, 0.717) is 0 Å². The molecule has 0 aliphatic rings. The van der Waals surface area contributed by atoms with Gasteiger partial charge in [-0.15, -0.1) is 0 Å². The van der Waals surface area contributed by atoms with E-state index in [-0.39, 0.29) is 0 Å². The second-order valence-corrected chi connectivity index (χ2v) is 6.95. The van der Waals surface area contributed by atoms with E-state index in [4.69, 9.17) is 0 Å². The van der Waals surface area contributed by atoms with Crippen LogP contribution in [0.3, 0.4) is 0 Å². The molecule has 144 valence electrons. The maximum Gasteiger partial charge on any atom is 0.138 e. The maximum atomic E-state index is 4.64. The fraction of sp³-hybridized carbons (Fsp3) is 0.182. The number of H-pyrrole nitrogens is 1. The topological polar surface area (TPSA) is 84.3 Å². The van der Waals surface area contributed by atoms with Gasteiger partial charge in [0, 0.05) is 58.8 Å². The van der Waals surface area contributed by atoms with Gasteiger partial charge in [-0.2, -0.15) is 5.10 Å². The van der Waals surface area contributed by atoms with E-state index in [9.17, 15) is 0 Å². The molecule has 5 rings (SSSR count). The van der Waals surface area contributed by atoms with Crippen LogP contribution in [0.4, 0.5) is 0 Å². The Kier molecular flexibility index (Phi) is 4.50. The molecule has 0 aromatic carbocycles. The number of nitrogens with one attached hydrogen (secondary N) is 2. The molecule has 2 N–H and O–H groups in total. The van der Waals surface area contributed by atoms with Crippen molar-refractivity contribution in [3.05, 3.63) is 61.4 Å². The average Bonchev–Trinajstić information content (AvgIpc) is 3.38. The Morgan fingerprint density at radius 1 is 1.00 bits per heavy atom. The molecule has 0 radical (unpaired) electrons. The van der Waals surface area contributed by atoms with Gasteiger partial charge in [0.2, 0.25) is 0 Å². The summed E-state index contributed by atoms with van der Waals surface area (Å²) in [5.74, 6) is 0. The smallest absolute Gasteiger partial charge is 0.138 e. The SMILES string of the molecule is CCNCCn1cc(-c2cnc3[nH]c4cnc(-c5cccnc5)cc4c3c2)cn1. The van der Waals surface area contributed by atoms with Crippen molar-refractivity contribution >= 4 is 21.9 Å². The summed E-state index contributed by atoms with van der Waals surface area (Å²) >= 11 is 0. The van der Waals surface area contributed by atoms with Crippen LogP contribution >= 0.6 is 0 Å². The summed E-state index contributed by atoms with van der Waals surface area (Å²) < 4.78 is 1.96. The molecule has 5 aromatic rings. The van der Waals surface area contributed by atoms with E-state index < -0.39 is 0 Å². The van der Waals surface area contributed by atoms with Gasteiger partial charge in [-0.3, -0.25) is 14.6 Å². The Balaban J connectivity index is 1.54. The molecule has 0 aliphatic carbocycles. The van der Waals surface area contributed by atoms with Gasteiger partial charge in [0.05, 0.1) is 30.1 Å². The highest BCUT2D eigenvalue weighted by Crippen LogP contribution is 2.30. The van der Waals surface area contributed by atoms with Crippen LogP contribution in [-0.2, 0) is 6.54 Å². The molecular formula is C22H21N7. The first-order chi connectivity index (χ1) is 14.3. The van der Waals surface area contributed by atoms with Gasteiger partial charge in [-0.25, -0.2) is 4.98 Å². The molecule has 0 fully saturated rings. The minimum atomic E-state index is 0.844. The van der Waals surface area contributed by atoms with Crippen molar-refractivity contribution in [1.82, 2.24) is 35.0 Å². The number of hydrogen-bond donors (Lipinski definition) is 2. The van der Waals surface area contributed by atoms with Gasteiger partial charge >= 0.3 is 0 Å². The minimum Gasteiger partial charge on any atom is -0.338 e. The van der Waals surface area contributed by atoms with Gasteiger partial charge in [0.15, 0.2) is 0 Å². The van der Waals surface area contributed by atoms with Crippen LogP contribution < -0.4 is 5.32 Å². The van der Waals surface area contributed by atoms with E-state index in [1.54, 1.807) is 6.20 Å². The second kappa shape index (κ2) is 7.44. The highest BCUT2D eigenvalue weighted by molar-refractivity contribution is 6.07. The van der Waals surface area contributed by atoms with E-state index in [2.05, 4.69) is 55.6 Å². The number of nitrogens with zero attached hydrogens (tertiary/aromatic N) is 5. The standard InChI is InChI=1S/C22H21N7/c1-2-23-6-7-29-14-17(12-27-29)16-8-19-18-9-20(15-4-3-5-24-10-15)25-13-21(18)28-22(19)26-11-16/h3-5,8-14,23H,2,6-7H2,1H3,(H,26,28). The van der Waals surface area contributed by atoms with Crippen molar-refractivity contribution in [2.75, 3.05) is 13.1 Å². The molecule has 7 nitrogen and oxygen atoms in total. The largest absolute Gasteiger partial charge is 0.338 e. The Morgan fingerprint density at radius 3 is 2.83 bits per heavy atom. The Hall–Kier alpha value is -3.58. The highest BCUT2D eigenvalue weighted by Gasteiger charge is 2.11. The first kappa shape index (κ1) is 17.5. The fourth-order valence-corrected chi connectivity index (χ4v) is 3.51. The number of aromatic amines is 1. The van der Waals surface area contributed by atoms with Crippen molar-refractivity contribution in [3.8, 4) is 22.4 Å². The third-order valence-electron chi connectivity index (χ3n) is 5.03. The zero-order valence-corrected chi connectivity index (χ0v) is 16.1. The second-order valence-electron chi connectivity index (χ2n) is 6.95. The van der Waals surface area contributed by atoms with Crippen molar-refractivity contribution in [2.45, 2.75) is 13.5 Å². The summed E-state index contributed by atoms with van der Waals surface area (Å²) in [6, 6.07) is 8.20. The van der Waals surface area contributed by atoms with Crippen LogP contribution in [0.5, 0.6) is 0 Å². The molecular weight excluding hydrogens is 362 g/mol. The lowest BCUT2D eigenvalue weighted by molar-refractivity contribution is 0.565. The number of hydrogen-bond acceptors (Lipinski definition) is 5. The molecule has 5 aromatic heterocycles. The fourth-order valence-electron chi connectivity index (χ4n) is 3.51. The van der Waals surface area contributed by atoms with Crippen LogP contribution in [0.25, 0.3) is 44.3 Å². The van der Waals surface area contributed by atoms with Crippen molar-refractivity contribution in [1.29, 1.82) is 0 Å². The van der Waals surface area contributed by atoms with Crippen molar-refractivity contribution in [2.24, 2.45) is 0 Å². The predicted octanol–water partition coefficient (Wildman–Crippen LogP) is 3.65. The number of likely N-dealkylation sites (N-methyl/N-ethyl adjacent to an activating group) is 1. The van der Waals surface area contributed by atoms with Crippen molar-refractivity contribution < 1.29 is 0 Å². The lowest BCUT2D eigenvalue weighted by Gasteiger charge is -2.02. The summed E-state index contributed by atoms with van der Waals surface area (Å²) in [5, 5.41) is 9.96. The quantitative estimate of drug-likeness (QED) is 0.437. The Labute approximate surface area is 167 Å². The molecule has 0 spiro atoms. The Bertz CT molecular complexity index is 1270. The van der Waals surface area contributed by atoms with Gasteiger partial charge in [-0.05, 0) is 30.8 Å². The van der Waals surface area contributed by atoms with Gasteiger partial charge in [0.25, 0.3) is 0 Å². The molecule has 7 heteroatoms. The maximum absolute atomic E-state index is 4.64. The van der Waals surface area contributed by atoms with E-state index >= 15 is 0 Å². The number of aromatic nitrogens is 6. The summed E-state index contributed by atoms with van der Waals surface area (Å²) in [4.78, 5) is 16.8. The average molecular weight is 383 g/mol. The molecule has 0 saturated heterocycles. The zero-order valence-electron chi connectivity index (χ0n) is 16.1. The molecule has 0 bridgehead atoms. The van der Waals surface area contributed by atoms with Gasteiger partial charge in [-0.1, -0.05) is 6.92 Å². The zero-order chi connectivity index (χ0) is 19.6. The van der Waals surface area contributed by atoms with Gasteiger partial charge < -0.3 is 10.3 Å². The monoisotopic (exact) mass is 383 g/mol. The predicted molar refractivity (Wildman–Crippen MR) is 114 cm³/mol. The van der Waals surface area contributed by atoms with Gasteiger partial charge in [0.1, 0.15) is 5.65 Å². The number of fused-ring (bicyclic) bond motifs is 3. The number of rotatable bonds is 6. The first-order valence-corrected chi connectivity index (χ1v) is 9.73. The summed E-state index contributed by atoms with van der Waals surface area (Å²) in [6.45, 7) is 4.81. The third-order valence-corrected chi connectivity index (χ3v) is 5.03. The summed E-state index contributed by atoms with van der Waals surface area (Å²) in [5.41, 5.74) is 5.83. The molecule has 29 heavy (non-hydrogen) atoms. The minimum absolute atomic E-state index is 0.844. The van der Waals surface area contributed by atoms with Crippen LogP contribution in [0.15, 0.2) is 61.4 Å². The molecule has 0 unspecified atom stereocenters. The molecule has 0 atom stereocenters. The molecule has 0 saturated carbocycles. The number of pyridine rings is 3. The molecule has 0 aliphatic heterocycles. The lowest BCUT2D eigenvalue weighted by atomic mass is 10.1.